The van der Waals surface area contributed by atoms with Crippen LogP contribution in [0.3, 0.4) is 0 Å². The van der Waals surface area contributed by atoms with Crippen LogP contribution >= 0.6 is 0 Å². The second-order valence-electron chi connectivity index (χ2n) is 5.66. The lowest BCUT2D eigenvalue weighted by atomic mass is 9.89. The molecule has 2 heteroatoms. The van der Waals surface area contributed by atoms with Gasteiger partial charge in [-0.25, -0.2) is 0 Å². The zero-order chi connectivity index (χ0) is 12.4. The fourth-order valence-corrected chi connectivity index (χ4v) is 3.26. The molecule has 0 radical (unpaired) electrons. The molecule has 3 rings (SSSR count). The van der Waals surface area contributed by atoms with Crippen molar-refractivity contribution in [2.45, 2.75) is 63.3 Å². The molecule has 2 aliphatic carbocycles. The molecule has 0 saturated heterocycles. The minimum Gasteiger partial charge on any atom is -0.390 e. The summed E-state index contributed by atoms with van der Waals surface area (Å²) < 4.78 is 6.15. The largest absolute Gasteiger partial charge is 0.390 e. The molecular weight excluding hydrogens is 224 g/mol. The quantitative estimate of drug-likeness (QED) is 0.869. The highest BCUT2D eigenvalue weighted by Crippen LogP contribution is 2.28. The van der Waals surface area contributed by atoms with Crippen LogP contribution in [-0.4, -0.2) is 23.4 Å². The van der Waals surface area contributed by atoms with Gasteiger partial charge in [-0.05, 0) is 43.2 Å². The van der Waals surface area contributed by atoms with Crippen molar-refractivity contribution >= 4 is 0 Å². The van der Waals surface area contributed by atoms with Crippen LogP contribution in [0.1, 0.15) is 43.2 Å². The van der Waals surface area contributed by atoms with E-state index in [9.17, 15) is 5.11 Å². The summed E-state index contributed by atoms with van der Waals surface area (Å²) in [5.41, 5.74) is 2.90. The molecule has 1 N–H and O–H groups in total. The molecule has 98 valence electrons. The van der Waals surface area contributed by atoms with Gasteiger partial charge in [0.1, 0.15) is 0 Å². The van der Waals surface area contributed by atoms with Crippen LogP contribution in [0.15, 0.2) is 24.3 Å². The van der Waals surface area contributed by atoms with Crippen LogP contribution in [0.4, 0.5) is 0 Å². The van der Waals surface area contributed by atoms with Gasteiger partial charge in [0.2, 0.25) is 0 Å². The van der Waals surface area contributed by atoms with Crippen LogP contribution in [0, 0.1) is 0 Å². The van der Waals surface area contributed by atoms with Gasteiger partial charge in [0, 0.05) is 0 Å². The highest BCUT2D eigenvalue weighted by Gasteiger charge is 2.28. The average Bonchev–Trinajstić information content (AvgIpc) is 2.41. The second kappa shape index (κ2) is 5.41. The Kier molecular flexibility index (Phi) is 3.67. The Morgan fingerprint density at radius 3 is 2.61 bits per heavy atom. The van der Waals surface area contributed by atoms with Crippen molar-refractivity contribution < 1.29 is 9.84 Å². The van der Waals surface area contributed by atoms with Crippen molar-refractivity contribution in [3.8, 4) is 0 Å². The van der Waals surface area contributed by atoms with E-state index in [0.29, 0.717) is 6.10 Å². The number of fused-ring (bicyclic) bond motifs is 1. The van der Waals surface area contributed by atoms with Crippen molar-refractivity contribution in [1.29, 1.82) is 0 Å². The predicted molar refractivity (Wildman–Crippen MR) is 71.6 cm³/mol. The maximum atomic E-state index is 9.97. The SMILES string of the molecule is O[C@H]1CCCC[C@@H]1O[C@H]1CCc2ccccc2C1. The maximum Gasteiger partial charge on any atom is 0.0837 e. The minimum atomic E-state index is -0.240. The normalized spacial score (nSPS) is 31.9. The third-order valence-electron chi connectivity index (χ3n) is 4.34. The Morgan fingerprint density at radius 1 is 1.00 bits per heavy atom. The van der Waals surface area contributed by atoms with E-state index in [1.165, 1.54) is 17.5 Å². The van der Waals surface area contributed by atoms with E-state index in [1.54, 1.807) is 0 Å². The maximum absolute atomic E-state index is 9.97. The van der Waals surface area contributed by atoms with E-state index in [2.05, 4.69) is 24.3 Å². The molecule has 1 aromatic rings. The Labute approximate surface area is 109 Å². The molecular formula is C16H22O2. The number of hydrogen-bond acceptors (Lipinski definition) is 2. The molecule has 1 saturated carbocycles. The predicted octanol–water partition coefficient (Wildman–Crippen LogP) is 2.86. The van der Waals surface area contributed by atoms with Gasteiger partial charge in [0.25, 0.3) is 0 Å². The summed E-state index contributed by atoms with van der Waals surface area (Å²) in [6.07, 6.45) is 7.65. The molecule has 1 aromatic carbocycles. The first-order valence-electron chi connectivity index (χ1n) is 7.23. The first-order chi connectivity index (χ1) is 8.83. The smallest absolute Gasteiger partial charge is 0.0837 e. The number of benzene rings is 1. The van der Waals surface area contributed by atoms with Gasteiger partial charge in [-0.15, -0.1) is 0 Å². The molecule has 0 aromatic heterocycles. The zero-order valence-corrected chi connectivity index (χ0v) is 10.8. The molecule has 3 atom stereocenters. The number of rotatable bonds is 2. The number of aliphatic hydroxyl groups is 1. The molecule has 2 aliphatic rings. The van der Waals surface area contributed by atoms with Crippen molar-refractivity contribution in [2.24, 2.45) is 0 Å². The van der Waals surface area contributed by atoms with Crippen LogP contribution in [0.2, 0.25) is 0 Å². The Hall–Kier alpha value is -0.860. The fourth-order valence-electron chi connectivity index (χ4n) is 3.26. The van der Waals surface area contributed by atoms with Crippen LogP contribution in [0.5, 0.6) is 0 Å². The average molecular weight is 246 g/mol. The van der Waals surface area contributed by atoms with Crippen LogP contribution < -0.4 is 0 Å². The summed E-state index contributed by atoms with van der Waals surface area (Å²) in [6.45, 7) is 0. The molecule has 0 aliphatic heterocycles. The van der Waals surface area contributed by atoms with Gasteiger partial charge in [-0.2, -0.15) is 0 Å². The van der Waals surface area contributed by atoms with E-state index in [4.69, 9.17) is 4.74 Å². The molecule has 0 amide bonds. The van der Waals surface area contributed by atoms with E-state index in [0.717, 1.165) is 38.5 Å². The topological polar surface area (TPSA) is 29.5 Å². The number of aryl methyl sites for hydroxylation is 1. The Balaban J connectivity index is 1.62. The molecule has 18 heavy (non-hydrogen) atoms. The highest BCUT2D eigenvalue weighted by molar-refractivity contribution is 5.29. The van der Waals surface area contributed by atoms with Crippen molar-refractivity contribution in [1.82, 2.24) is 0 Å². The highest BCUT2D eigenvalue weighted by atomic mass is 16.5. The van der Waals surface area contributed by atoms with Gasteiger partial charge in [-0.3, -0.25) is 0 Å². The van der Waals surface area contributed by atoms with Gasteiger partial charge >= 0.3 is 0 Å². The first kappa shape index (κ1) is 12.2. The van der Waals surface area contributed by atoms with E-state index in [-0.39, 0.29) is 12.2 Å². The summed E-state index contributed by atoms with van der Waals surface area (Å²) in [4.78, 5) is 0. The summed E-state index contributed by atoms with van der Waals surface area (Å²) in [5, 5.41) is 9.97. The number of ether oxygens (including phenoxy) is 1. The Morgan fingerprint density at radius 2 is 1.78 bits per heavy atom. The molecule has 0 heterocycles. The molecule has 0 bridgehead atoms. The monoisotopic (exact) mass is 246 g/mol. The van der Waals surface area contributed by atoms with Crippen molar-refractivity contribution in [3.05, 3.63) is 35.4 Å². The summed E-state index contributed by atoms with van der Waals surface area (Å²) in [7, 11) is 0. The summed E-state index contributed by atoms with van der Waals surface area (Å²) in [5.74, 6) is 0. The lowest BCUT2D eigenvalue weighted by Gasteiger charge is -2.33. The van der Waals surface area contributed by atoms with Crippen LogP contribution in [0.25, 0.3) is 0 Å². The Bertz CT molecular complexity index is 402. The van der Waals surface area contributed by atoms with Crippen molar-refractivity contribution in [3.63, 3.8) is 0 Å². The standard InChI is InChI=1S/C16H22O2/c17-15-7-3-4-8-16(15)18-14-10-9-12-5-1-2-6-13(12)11-14/h1-2,5-6,14-17H,3-4,7-11H2/t14-,15-,16-/m0/s1. The van der Waals surface area contributed by atoms with E-state index >= 15 is 0 Å². The first-order valence-corrected chi connectivity index (χ1v) is 7.23. The number of hydrogen-bond donors (Lipinski definition) is 1. The van der Waals surface area contributed by atoms with Gasteiger partial charge < -0.3 is 9.84 Å². The fraction of sp³-hybridized carbons (Fsp3) is 0.625. The third-order valence-corrected chi connectivity index (χ3v) is 4.34. The molecule has 1 fully saturated rings. The lowest BCUT2D eigenvalue weighted by Crippen LogP contribution is -2.37. The van der Waals surface area contributed by atoms with Crippen molar-refractivity contribution in [2.75, 3.05) is 0 Å². The molecule has 0 spiro atoms. The molecule has 0 unspecified atom stereocenters. The summed E-state index contributed by atoms with van der Waals surface area (Å²) >= 11 is 0. The zero-order valence-electron chi connectivity index (χ0n) is 10.8. The lowest BCUT2D eigenvalue weighted by molar-refractivity contribution is -0.0967. The summed E-state index contributed by atoms with van der Waals surface area (Å²) in [6, 6.07) is 8.66. The second-order valence-corrected chi connectivity index (χ2v) is 5.66. The van der Waals surface area contributed by atoms with Gasteiger partial charge in [-0.1, -0.05) is 37.1 Å². The van der Waals surface area contributed by atoms with Crippen LogP contribution in [-0.2, 0) is 17.6 Å². The minimum absolute atomic E-state index is 0.0778. The van der Waals surface area contributed by atoms with Gasteiger partial charge in [0.15, 0.2) is 0 Å². The van der Waals surface area contributed by atoms with Gasteiger partial charge in [0.05, 0.1) is 18.3 Å². The van der Waals surface area contributed by atoms with E-state index < -0.39 is 0 Å². The molecule has 2 nitrogen and oxygen atoms in total. The van der Waals surface area contributed by atoms with E-state index in [1.807, 2.05) is 0 Å². The third kappa shape index (κ3) is 2.60. The number of aliphatic hydroxyl groups excluding tert-OH is 1.